The van der Waals surface area contributed by atoms with Crippen LogP contribution < -0.4 is 10.1 Å². The van der Waals surface area contributed by atoms with Crippen molar-refractivity contribution in [2.24, 2.45) is 0 Å². The molecule has 5 nitrogen and oxygen atoms in total. The summed E-state index contributed by atoms with van der Waals surface area (Å²) < 4.78 is 5.17. The molecule has 1 aliphatic heterocycles. The van der Waals surface area contributed by atoms with E-state index in [0.717, 1.165) is 11.3 Å². The standard InChI is InChI=1S/C18H18N2O3/c1-3-10-20-17(12-8-9-15(21)16(11-12)23-2)19-14-7-5-4-6-13(14)18(20)22/h3-9,11,17,19,21H,1,10H2,2H3/t17-/m0/s1. The predicted molar refractivity (Wildman–Crippen MR) is 88.7 cm³/mol. The van der Waals surface area contributed by atoms with Crippen LogP contribution in [0.4, 0.5) is 5.69 Å². The number of benzene rings is 2. The van der Waals surface area contributed by atoms with Gasteiger partial charge in [-0.25, -0.2) is 0 Å². The lowest BCUT2D eigenvalue weighted by Gasteiger charge is -2.37. The van der Waals surface area contributed by atoms with Gasteiger partial charge >= 0.3 is 0 Å². The molecule has 1 atom stereocenters. The molecule has 2 aromatic carbocycles. The average Bonchev–Trinajstić information content (AvgIpc) is 2.58. The van der Waals surface area contributed by atoms with Crippen molar-refractivity contribution in [3.05, 3.63) is 66.2 Å². The van der Waals surface area contributed by atoms with Gasteiger partial charge in [-0.15, -0.1) is 6.58 Å². The molecule has 118 valence electrons. The molecule has 2 aromatic rings. The largest absolute Gasteiger partial charge is 0.504 e. The number of amides is 1. The van der Waals surface area contributed by atoms with Crippen LogP contribution >= 0.6 is 0 Å². The van der Waals surface area contributed by atoms with Gasteiger partial charge in [0.25, 0.3) is 5.91 Å². The number of fused-ring (bicyclic) bond motifs is 1. The molecule has 0 unspecified atom stereocenters. The molecule has 0 spiro atoms. The molecule has 5 heteroatoms. The van der Waals surface area contributed by atoms with Crippen molar-refractivity contribution < 1.29 is 14.6 Å². The average molecular weight is 310 g/mol. The predicted octanol–water partition coefficient (Wildman–Crippen LogP) is 3.15. The third-order valence-electron chi connectivity index (χ3n) is 3.87. The molecule has 0 fully saturated rings. The van der Waals surface area contributed by atoms with Crippen LogP contribution in [0.1, 0.15) is 22.1 Å². The lowest BCUT2D eigenvalue weighted by molar-refractivity contribution is 0.0707. The Morgan fingerprint density at radius 1 is 1.35 bits per heavy atom. The summed E-state index contributed by atoms with van der Waals surface area (Å²) in [4.78, 5) is 14.5. The molecule has 0 aliphatic carbocycles. The summed E-state index contributed by atoms with van der Waals surface area (Å²) in [6.07, 6.45) is 1.34. The number of phenolic OH excluding ortho intramolecular Hbond substituents is 1. The first kappa shape index (κ1) is 15.0. The van der Waals surface area contributed by atoms with Gasteiger partial charge in [-0.2, -0.15) is 0 Å². The van der Waals surface area contributed by atoms with E-state index in [9.17, 15) is 9.90 Å². The monoisotopic (exact) mass is 310 g/mol. The Labute approximate surface area is 134 Å². The maximum atomic E-state index is 12.8. The van der Waals surface area contributed by atoms with Gasteiger partial charge in [-0.3, -0.25) is 4.79 Å². The van der Waals surface area contributed by atoms with Crippen molar-refractivity contribution in [2.75, 3.05) is 19.0 Å². The van der Waals surface area contributed by atoms with Crippen LogP contribution in [0.15, 0.2) is 55.1 Å². The van der Waals surface area contributed by atoms with Crippen LogP contribution in [0.3, 0.4) is 0 Å². The fourth-order valence-corrected chi connectivity index (χ4v) is 2.75. The quantitative estimate of drug-likeness (QED) is 0.852. The van der Waals surface area contributed by atoms with E-state index in [2.05, 4.69) is 11.9 Å². The van der Waals surface area contributed by atoms with E-state index in [1.54, 1.807) is 35.2 Å². The topological polar surface area (TPSA) is 61.8 Å². The summed E-state index contributed by atoms with van der Waals surface area (Å²) in [5.41, 5.74) is 2.25. The van der Waals surface area contributed by atoms with Gasteiger partial charge in [-0.1, -0.05) is 24.3 Å². The molecule has 1 aliphatic rings. The number of anilines is 1. The van der Waals surface area contributed by atoms with E-state index < -0.39 is 0 Å². The molecule has 1 heterocycles. The second-order valence-corrected chi connectivity index (χ2v) is 5.27. The number of phenols is 1. The minimum Gasteiger partial charge on any atom is -0.504 e. The zero-order valence-electron chi connectivity index (χ0n) is 12.8. The van der Waals surface area contributed by atoms with Crippen LogP contribution in [-0.2, 0) is 0 Å². The summed E-state index contributed by atoms with van der Waals surface area (Å²) in [7, 11) is 1.50. The third kappa shape index (κ3) is 2.61. The summed E-state index contributed by atoms with van der Waals surface area (Å²) in [6, 6.07) is 12.5. The van der Waals surface area contributed by atoms with Crippen LogP contribution in [-0.4, -0.2) is 29.6 Å². The summed E-state index contributed by atoms with van der Waals surface area (Å²) in [5.74, 6) is 0.375. The molecule has 0 aromatic heterocycles. The minimum absolute atomic E-state index is 0.0590. The van der Waals surface area contributed by atoms with Crippen molar-refractivity contribution in [1.82, 2.24) is 4.90 Å². The SMILES string of the molecule is C=CCN1C(=O)c2ccccc2N[C@@H]1c1ccc(O)c(OC)c1. The Hall–Kier alpha value is -2.95. The molecule has 0 bridgehead atoms. The van der Waals surface area contributed by atoms with E-state index in [1.165, 1.54) is 7.11 Å². The number of nitrogens with one attached hydrogen (secondary N) is 1. The first-order valence-corrected chi connectivity index (χ1v) is 7.30. The van der Waals surface area contributed by atoms with E-state index in [4.69, 9.17) is 4.74 Å². The van der Waals surface area contributed by atoms with Crippen molar-refractivity contribution in [3.8, 4) is 11.5 Å². The number of carbonyl (C=O) groups excluding carboxylic acids is 1. The van der Waals surface area contributed by atoms with Gasteiger partial charge in [0.1, 0.15) is 6.17 Å². The highest BCUT2D eigenvalue weighted by molar-refractivity contribution is 6.01. The first-order valence-electron chi connectivity index (χ1n) is 7.30. The smallest absolute Gasteiger partial charge is 0.258 e. The number of rotatable bonds is 4. The summed E-state index contributed by atoms with van der Waals surface area (Å²) in [5, 5.41) is 13.1. The number of ether oxygens (including phenoxy) is 1. The zero-order valence-corrected chi connectivity index (χ0v) is 12.8. The van der Waals surface area contributed by atoms with E-state index in [-0.39, 0.29) is 17.8 Å². The van der Waals surface area contributed by atoms with Crippen LogP contribution in [0.2, 0.25) is 0 Å². The van der Waals surface area contributed by atoms with Crippen LogP contribution in [0, 0.1) is 0 Å². The lowest BCUT2D eigenvalue weighted by atomic mass is 10.0. The maximum absolute atomic E-state index is 12.8. The molecule has 2 N–H and O–H groups in total. The number of nitrogens with zero attached hydrogens (tertiary/aromatic N) is 1. The normalized spacial score (nSPS) is 16.5. The Kier molecular flexibility index (Phi) is 3.93. The van der Waals surface area contributed by atoms with Gasteiger partial charge in [0.15, 0.2) is 11.5 Å². The minimum atomic E-state index is -0.357. The van der Waals surface area contributed by atoms with Gasteiger partial charge < -0.3 is 20.1 Å². The van der Waals surface area contributed by atoms with Crippen molar-refractivity contribution in [1.29, 1.82) is 0 Å². The highest BCUT2D eigenvalue weighted by Gasteiger charge is 2.32. The molecule has 3 rings (SSSR count). The Morgan fingerprint density at radius 2 is 2.13 bits per heavy atom. The van der Waals surface area contributed by atoms with Gasteiger partial charge in [-0.05, 0) is 29.8 Å². The van der Waals surface area contributed by atoms with Crippen molar-refractivity contribution in [2.45, 2.75) is 6.17 Å². The van der Waals surface area contributed by atoms with Crippen molar-refractivity contribution >= 4 is 11.6 Å². The summed E-state index contributed by atoms with van der Waals surface area (Å²) in [6.45, 7) is 4.15. The number of hydrogen-bond donors (Lipinski definition) is 2. The third-order valence-corrected chi connectivity index (χ3v) is 3.87. The zero-order chi connectivity index (χ0) is 16.4. The second-order valence-electron chi connectivity index (χ2n) is 5.27. The maximum Gasteiger partial charge on any atom is 0.258 e. The molecule has 0 saturated heterocycles. The van der Waals surface area contributed by atoms with Crippen LogP contribution in [0.25, 0.3) is 0 Å². The van der Waals surface area contributed by atoms with Crippen molar-refractivity contribution in [3.63, 3.8) is 0 Å². The molecule has 1 amide bonds. The van der Waals surface area contributed by atoms with Gasteiger partial charge in [0, 0.05) is 12.2 Å². The number of methoxy groups -OCH3 is 1. The molecule has 0 radical (unpaired) electrons. The first-order chi connectivity index (χ1) is 11.2. The summed E-state index contributed by atoms with van der Waals surface area (Å²) >= 11 is 0. The van der Waals surface area contributed by atoms with E-state index >= 15 is 0 Å². The van der Waals surface area contributed by atoms with E-state index in [1.807, 2.05) is 18.2 Å². The molecular formula is C18H18N2O3. The van der Waals surface area contributed by atoms with Crippen LogP contribution in [0.5, 0.6) is 11.5 Å². The number of hydrogen-bond acceptors (Lipinski definition) is 4. The lowest BCUT2D eigenvalue weighted by Crippen LogP contribution is -2.42. The molecule has 23 heavy (non-hydrogen) atoms. The number of para-hydroxylation sites is 1. The molecular weight excluding hydrogens is 292 g/mol. The fourth-order valence-electron chi connectivity index (χ4n) is 2.75. The Balaban J connectivity index is 2.06. The Bertz CT molecular complexity index is 758. The highest BCUT2D eigenvalue weighted by Crippen LogP contribution is 2.36. The second kappa shape index (κ2) is 6.04. The number of aromatic hydroxyl groups is 1. The Morgan fingerprint density at radius 3 is 2.87 bits per heavy atom. The van der Waals surface area contributed by atoms with Gasteiger partial charge in [0.2, 0.25) is 0 Å². The molecule has 0 saturated carbocycles. The highest BCUT2D eigenvalue weighted by atomic mass is 16.5. The fraction of sp³-hybridized carbons (Fsp3) is 0.167. The number of carbonyl (C=O) groups is 1. The van der Waals surface area contributed by atoms with E-state index in [0.29, 0.717) is 17.9 Å². The van der Waals surface area contributed by atoms with Gasteiger partial charge in [0.05, 0.1) is 12.7 Å².